The molecule has 0 aromatic heterocycles. The maximum atomic E-state index is 11.6. The minimum atomic E-state index is -0.903. The molecule has 0 aliphatic carbocycles. The van der Waals surface area contributed by atoms with Crippen molar-refractivity contribution in [2.24, 2.45) is 0 Å². The van der Waals surface area contributed by atoms with Crippen molar-refractivity contribution in [3.05, 3.63) is 35.4 Å². The van der Waals surface area contributed by atoms with E-state index in [0.717, 1.165) is 22.9 Å². The summed E-state index contributed by atoms with van der Waals surface area (Å²) in [5.41, 5.74) is 2.21. The molecule has 1 rings (SSSR count). The highest BCUT2D eigenvalue weighted by molar-refractivity contribution is 8.00. The summed E-state index contributed by atoms with van der Waals surface area (Å²) in [6, 6.07) is 7.80. The zero-order valence-electron chi connectivity index (χ0n) is 10.5. The molecule has 0 bridgehead atoms. The lowest BCUT2D eigenvalue weighted by Crippen LogP contribution is -2.28. The van der Waals surface area contributed by atoms with Crippen molar-refractivity contribution in [1.29, 1.82) is 0 Å². The van der Waals surface area contributed by atoms with Crippen LogP contribution in [0.5, 0.6) is 0 Å². The summed E-state index contributed by atoms with van der Waals surface area (Å²) >= 11 is 1.10. The zero-order chi connectivity index (χ0) is 13.5. The van der Waals surface area contributed by atoms with E-state index >= 15 is 0 Å². The lowest BCUT2D eigenvalue weighted by molar-refractivity contribution is -0.133. The van der Waals surface area contributed by atoms with Gasteiger partial charge in [0.25, 0.3) is 0 Å². The number of hydrogen-bond acceptors (Lipinski definition) is 3. The molecule has 1 amide bonds. The zero-order valence-corrected chi connectivity index (χ0v) is 11.3. The average Bonchev–Trinajstić information content (AvgIpc) is 2.28. The predicted molar refractivity (Wildman–Crippen MR) is 72.7 cm³/mol. The van der Waals surface area contributed by atoms with E-state index in [2.05, 4.69) is 5.32 Å². The van der Waals surface area contributed by atoms with Gasteiger partial charge in [-0.1, -0.05) is 24.3 Å². The van der Waals surface area contributed by atoms with Crippen molar-refractivity contribution in [3.8, 4) is 0 Å². The number of aryl methyl sites for hydroxylation is 1. The topological polar surface area (TPSA) is 66.4 Å². The van der Waals surface area contributed by atoms with Crippen LogP contribution in [-0.4, -0.2) is 28.5 Å². The number of benzene rings is 1. The molecule has 0 aliphatic heterocycles. The van der Waals surface area contributed by atoms with E-state index in [1.807, 2.05) is 38.1 Å². The van der Waals surface area contributed by atoms with Gasteiger partial charge in [-0.3, -0.25) is 9.59 Å². The molecule has 5 heteroatoms. The second-order valence-corrected chi connectivity index (χ2v) is 5.02. The fourth-order valence-corrected chi connectivity index (χ4v) is 2.21. The van der Waals surface area contributed by atoms with Gasteiger partial charge < -0.3 is 10.4 Å². The van der Waals surface area contributed by atoms with Crippen molar-refractivity contribution in [1.82, 2.24) is 5.32 Å². The molecule has 1 atom stereocenters. The highest BCUT2D eigenvalue weighted by Gasteiger charge is 2.11. The summed E-state index contributed by atoms with van der Waals surface area (Å²) in [7, 11) is 0. The van der Waals surface area contributed by atoms with E-state index in [1.54, 1.807) is 0 Å². The number of amides is 1. The first-order chi connectivity index (χ1) is 8.50. The summed E-state index contributed by atoms with van der Waals surface area (Å²) in [4.78, 5) is 21.9. The van der Waals surface area contributed by atoms with Gasteiger partial charge in [0.05, 0.1) is 17.5 Å². The van der Waals surface area contributed by atoms with Crippen LogP contribution in [0.25, 0.3) is 0 Å². The van der Waals surface area contributed by atoms with E-state index in [9.17, 15) is 9.59 Å². The summed E-state index contributed by atoms with van der Waals surface area (Å²) in [5.74, 6) is -0.925. The Labute approximate surface area is 111 Å². The number of carboxylic acids is 1. The Morgan fingerprint density at radius 2 is 2.00 bits per heavy atom. The average molecular weight is 267 g/mol. The maximum absolute atomic E-state index is 11.6. The molecule has 0 saturated heterocycles. The van der Waals surface area contributed by atoms with E-state index in [1.165, 1.54) is 0 Å². The van der Waals surface area contributed by atoms with E-state index < -0.39 is 5.97 Å². The molecule has 4 nitrogen and oxygen atoms in total. The number of carboxylic acid groups (broad SMARTS) is 1. The number of carbonyl (C=O) groups excluding carboxylic acids is 1. The van der Waals surface area contributed by atoms with Crippen LogP contribution in [0.15, 0.2) is 24.3 Å². The summed E-state index contributed by atoms with van der Waals surface area (Å²) < 4.78 is 0. The van der Waals surface area contributed by atoms with Crippen LogP contribution in [0.1, 0.15) is 24.1 Å². The minimum Gasteiger partial charge on any atom is -0.481 e. The highest BCUT2D eigenvalue weighted by Crippen LogP contribution is 2.16. The third-order valence-electron chi connectivity index (χ3n) is 2.49. The number of hydrogen-bond donors (Lipinski definition) is 2. The molecule has 2 N–H and O–H groups in total. The second-order valence-electron chi connectivity index (χ2n) is 4.03. The van der Waals surface area contributed by atoms with Gasteiger partial charge in [-0.05, 0) is 25.0 Å². The van der Waals surface area contributed by atoms with Crippen molar-refractivity contribution >= 4 is 23.6 Å². The SMILES string of the molecule is Cc1ccccc1[C@H](C)NC(=O)CSCC(=O)O. The molecule has 0 radical (unpaired) electrons. The fourth-order valence-electron chi connectivity index (χ4n) is 1.66. The molecule has 1 aromatic carbocycles. The Balaban J connectivity index is 2.45. The van der Waals surface area contributed by atoms with Gasteiger partial charge in [-0.25, -0.2) is 0 Å². The van der Waals surface area contributed by atoms with Crippen LogP contribution in [0.2, 0.25) is 0 Å². The van der Waals surface area contributed by atoms with Crippen LogP contribution in [0.4, 0.5) is 0 Å². The maximum Gasteiger partial charge on any atom is 0.313 e. The quantitative estimate of drug-likeness (QED) is 0.827. The monoisotopic (exact) mass is 267 g/mol. The van der Waals surface area contributed by atoms with E-state index in [-0.39, 0.29) is 23.5 Å². The standard InChI is InChI=1S/C13H17NO3S/c1-9-5-3-4-6-11(9)10(2)14-12(15)7-18-8-13(16)17/h3-6,10H,7-8H2,1-2H3,(H,14,15)(H,16,17)/t10-/m0/s1. The molecule has 98 valence electrons. The predicted octanol–water partition coefficient (Wildman–Crippen LogP) is 1.99. The molecule has 0 unspecified atom stereocenters. The number of aliphatic carboxylic acids is 1. The lowest BCUT2D eigenvalue weighted by atomic mass is 10.0. The Kier molecular flexibility index (Phi) is 5.71. The number of carbonyl (C=O) groups is 2. The van der Waals surface area contributed by atoms with Crippen molar-refractivity contribution < 1.29 is 14.7 Å². The number of thioether (sulfide) groups is 1. The van der Waals surface area contributed by atoms with Crippen LogP contribution < -0.4 is 5.32 Å². The van der Waals surface area contributed by atoms with Crippen molar-refractivity contribution in [2.75, 3.05) is 11.5 Å². The highest BCUT2D eigenvalue weighted by atomic mass is 32.2. The van der Waals surface area contributed by atoms with Gasteiger partial charge in [0.15, 0.2) is 0 Å². The van der Waals surface area contributed by atoms with Crippen LogP contribution >= 0.6 is 11.8 Å². The molecule has 0 fully saturated rings. The Morgan fingerprint density at radius 1 is 1.33 bits per heavy atom. The molecular weight excluding hydrogens is 250 g/mol. The normalized spacial score (nSPS) is 11.9. The van der Waals surface area contributed by atoms with Gasteiger partial charge in [-0.15, -0.1) is 11.8 Å². The minimum absolute atomic E-state index is 0.0494. The van der Waals surface area contributed by atoms with Gasteiger partial charge in [0.1, 0.15) is 0 Å². The second kappa shape index (κ2) is 7.06. The lowest BCUT2D eigenvalue weighted by Gasteiger charge is -2.16. The largest absolute Gasteiger partial charge is 0.481 e. The first-order valence-electron chi connectivity index (χ1n) is 5.65. The van der Waals surface area contributed by atoms with Crippen molar-refractivity contribution in [3.63, 3.8) is 0 Å². The molecule has 1 aromatic rings. The Morgan fingerprint density at radius 3 is 2.61 bits per heavy atom. The molecule has 0 saturated carbocycles. The summed E-state index contributed by atoms with van der Waals surface area (Å²) in [6.45, 7) is 3.92. The van der Waals surface area contributed by atoms with E-state index in [0.29, 0.717) is 0 Å². The molecule has 18 heavy (non-hydrogen) atoms. The van der Waals surface area contributed by atoms with Crippen LogP contribution in [-0.2, 0) is 9.59 Å². The number of nitrogens with one attached hydrogen (secondary N) is 1. The molecule has 0 spiro atoms. The molecule has 0 aliphatic rings. The Hall–Kier alpha value is -1.49. The third kappa shape index (κ3) is 4.79. The van der Waals surface area contributed by atoms with E-state index in [4.69, 9.17) is 5.11 Å². The third-order valence-corrected chi connectivity index (χ3v) is 3.41. The van der Waals surface area contributed by atoms with Crippen molar-refractivity contribution in [2.45, 2.75) is 19.9 Å². The Bertz CT molecular complexity index is 434. The van der Waals surface area contributed by atoms with Gasteiger partial charge in [0, 0.05) is 0 Å². The fraction of sp³-hybridized carbons (Fsp3) is 0.385. The summed E-state index contributed by atoms with van der Waals surface area (Å²) in [6.07, 6.45) is 0. The summed E-state index contributed by atoms with van der Waals surface area (Å²) in [5, 5.41) is 11.3. The number of rotatable bonds is 6. The van der Waals surface area contributed by atoms with Gasteiger partial charge in [-0.2, -0.15) is 0 Å². The van der Waals surface area contributed by atoms with Crippen LogP contribution in [0.3, 0.4) is 0 Å². The first-order valence-corrected chi connectivity index (χ1v) is 6.80. The van der Waals surface area contributed by atoms with Gasteiger partial charge >= 0.3 is 5.97 Å². The van der Waals surface area contributed by atoms with Gasteiger partial charge in [0.2, 0.25) is 5.91 Å². The molecule has 0 heterocycles. The first kappa shape index (κ1) is 14.6. The van der Waals surface area contributed by atoms with Crippen LogP contribution in [0, 0.1) is 6.92 Å². The molecular formula is C13H17NO3S. The smallest absolute Gasteiger partial charge is 0.313 e.